The van der Waals surface area contributed by atoms with E-state index in [1.807, 2.05) is 27.9 Å². The summed E-state index contributed by atoms with van der Waals surface area (Å²) in [6.45, 7) is 2.76. The van der Waals surface area contributed by atoms with E-state index in [0.717, 1.165) is 43.2 Å². The lowest BCUT2D eigenvalue weighted by atomic mass is 10.1. The molecule has 5 rings (SSSR count). The number of hydrogen-bond donors (Lipinski definition) is 0. The molecule has 138 valence electrons. The third kappa shape index (κ3) is 3.28. The Morgan fingerprint density at radius 1 is 1.31 bits per heavy atom. The monoisotopic (exact) mass is 356 g/mol. The van der Waals surface area contributed by atoms with E-state index < -0.39 is 0 Å². The van der Waals surface area contributed by atoms with Gasteiger partial charge in [0.05, 0.1) is 18.3 Å². The van der Waals surface area contributed by atoms with Gasteiger partial charge in [-0.3, -0.25) is 9.48 Å². The molecule has 3 heterocycles. The second-order valence-electron chi connectivity index (χ2n) is 7.80. The van der Waals surface area contributed by atoms with Gasteiger partial charge in [0.15, 0.2) is 5.69 Å². The quantitative estimate of drug-likeness (QED) is 0.713. The Hall–Kier alpha value is -2.15. The Balaban J connectivity index is 1.26. The van der Waals surface area contributed by atoms with Gasteiger partial charge in [-0.25, -0.2) is 0 Å². The van der Waals surface area contributed by atoms with Crippen molar-refractivity contribution >= 4 is 5.91 Å². The van der Waals surface area contributed by atoms with Gasteiger partial charge in [0.2, 0.25) is 0 Å². The first-order chi connectivity index (χ1) is 12.8. The molecule has 0 N–H and O–H groups in total. The number of hydrogen-bond acceptors (Lipinski definition) is 5. The molecule has 0 spiro atoms. The summed E-state index contributed by atoms with van der Waals surface area (Å²) < 4.78 is 13.2. The summed E-state index contributed by atoms with van der Waals surface area (Å²) in [5, 5.41) is 8.47. The number of carbonyl (C=O) groups is 1. The van der Waals surface area contributed by atoms with E-state index in [9.17, 15) is 4.79 Å². The van der Waals surface area contributed by atoms with Crippen molar-refractivity contribution in [2.75, 3.05) is 19.8 Å². The van der Waals surface area contributed by atoms with Gasteiger partial charge in [-0.1, -0.05) is 5.16 Å². The number of carbonyl (C=O) groups excluding carboxylic acids is 1. The molecule has 0 bridgehead atoms. The summed E-state index contributed by atoms with van der Waals surface area (Å²) in [5.74, 6) is 2.02. The minimum absolute atomic E-state index is 0.0583. The molecule has 2 aromatic rings. The Labute approximate surface area is 152 Å². The van der Waals surface area contributed by atoms with E-state index in [0.29, 0.717) is 31.3 Å². The second-order valence-corrected chi connectivity index (χ2v) is 7.80. The van der Waals surface area contributed by atoms with Crippen LogP contribution in [0.4, 0.5) is 0 Å². The van der Waals surface area contributed by atoms with Crippen molar-refractivity contribution in [1.82, 2.24) is 19.8 Å². The molecule has 1 atom stereocenters. The van der Waals surface area contributed by atoms with E-state index >= 15 is 0 Å². The standard InChI is InChI=1S/C19H24N4O3/c24-19(17-9-18(26-21-17)14-3-4-14)22-10-15-5-7-20-23(15)16(11-22)6-8-25-12-13-1-2-13/h5,7,9,13-14,16H,1-4,6,8,10-12H2/t16-/m1/s1. The minimum atomic E-state index is -0.0583. The number of aromatic nitrogens is 3. The lowest BCUT2D eigenvalue weighted by Crippen LogP contribution is -2.41. The average Bonchev–Trinajstić information content (AvgIpc) is 3.57. The van der Waals surface area contributed by atoms with E-state index in [1.54, 1.807) is 0 Å². The maximum Gasteiger partial charge on any atom is 0.276 e. The van der Waals surface area contributed by atoms with Crippen LogP contribution < -0.4 is 0 Å². The smallest absolute Gasteiger partial charge is 0.276 e. The molecule has 1 aliphatic heterocycles. The normalized spacial score (nSPS) is 22.5. The van der Waals surface area contributed by atoms with E-state index in [-0.39, 0.29) is 11.9 Å². The molecular weight excluding hydrogens is 332 g/mol. The van der Waals surface area contributed by atoms with Gasteiger partial charge in [0.1, 0.15) is 5.76 Å². The van der Waals surface area contributed by atoms with Crippen molar-refractivity contribution in [2.24, 2.45) is 5.92 Å². The summed E-state index contributed by atoms with van der Waals surface area (Å²) in [6.07, 6.45) is 7.54. The zero-order valence-electron chi connectivity index (χ0n) is 14.8. The van der Waals surface area contributed by atoms with Crippen LogP contribution in [-0.2, 0) is 11.3 Å². The minimum Gasteiger partial charge on any atom is -0.381 e. The van der Waals surface area contributed by atoms with Crippen LogP contribution in [0.1, 0.15) is 66.0 Å². The van der Waals surface area contributed by atoms with Crippen LogP contribution in [0, 0.1) is 5.92 Å². The Morgan fingerprint density at radius 3 is 3.00 bits per heavy atom. The molecule has 0 radical (unpaired) electrons. The lowest BCUT2D eigenvalue weighted by Gasteiger charge is -2.33. The molecule has 2 saturated carbocycles. The van der Waals surface area contributed by atoms with E-state index in [2.05, 4.69) is 10.3 Å². The van der Waals surface area contributed by atoms with Gasteiger partial charge in [0, 0.05) is 37.9 Å². The number of fused-ring (bicyclic) bond motifs is 1. The molecule has 0 aromatic carbocycles. The number of rotatable bonds is 7. The molecule has 2 aromatic heterocycles. The fraction of sp³-hybridized carbons (Fsp3) is 0.632. The van der Waals surface area contributed by atoms with Crippen LogP contribution in [0.25, 0.3) is 0 Å². The SMILES string of the molecule is O=C(c1cc(C2CC2)on1)N1Cc2ccnn2[C@H](CCOCC2CC2)C1. The van der Waals surface area contributed by atoms with Crippen molar-refractivity contribution in [3.05, 3.63) is 35.5 Å². The van der Waals surface area contributed by atoms with E-state index in [4.69, 9.17) is 9.26 Å². The summed E-state index contributed by atoms with van der Waals surface area (Å²) in [5.41, 5.74) is 1.48. The topological polar surface area (TPSA) is 73.4 Å². The third-order valence-corrected chi connectivity index (χ3v) is 5.54. The second kappa shape index (κ2) is 6.54. The molecule has 2 aliphatic carbocycles. The first-order valence-electron chi connectivity index (χ1n) is 9.64. The average molecular weight is 356 g/mol. The van der Waals surface area contributed by atoms with Crippen LogP contribution in [0.5, 0.6) is 0 Å². The fourth-order valence-corrected chi connectivity index (χ4v) is 3.62. The Morgan fingerprint density at radius 2 is 2.19 bits per heavy atom. The summed E-state index contributed by atoms with van der Waals surface area (Å²) in [6, 6.07) is 3.95. The largest absolute Gasteiger partial charge is 0.381 e. The Kier molecular flexibility index (Phi) is 4.04. The summed E-state index contributed by atoms with van der Waals surface area (Å²) >= 11 is 0. The summed E-state index contributed by atoms with van der Waals surface area (Å²) in [7, 11) is 0. The highest BCUT2D eigenvalue weighted by Crippen LogP contribution is 2.40. The van der Waals surface area contributed by atoms with Gasteiger partial charge >= 0.3 is 0 Å². The fourth-order valence-electron chi connectivity index (χ4n) is 3.62. The van der Waals surface area contributed by atoms with Gasteiger partial charge < -0.3 is 14.2 Å². The molecule has 7 heteroatoms. The number of amides is 1. The first kappa shape index (κ1) is 16.1. The van der Waals surface area contributed by atoms with Crippen LogP contribution in [0.15, 0.2) is 22.9 Å². The predicted octanol–water partition coefficient (Wildman–Crippen LogP) is 2.76. The van der Waals surface area contributed by atoms with Crippen molar-refractivity contribution in [3.8, 4) is 0 Å². The molecule has 3 aliphatic rings. The zero-order chi connectivity index (χ0) is 17.5. The zero-order valence-corrected chi connectivity index (χ0v) is 14.8. The maximum absolute atomic E-state index is 12.9. The predicted molar refractivity (Wildman–Crippen MR) is 92.6 cm³/mol. The number of ether oxygens (including phenoxy) is 1. The first-order valence-corrected chi connectivity index (χ1v) is 9.64. The van der Waals surface area contributed by atoms with Crippen molar-refractivity contribution in [1.29, 1.82) is 0 Å². The molecule has 0 unspecified atom stereocenters. The number of nitrogens with zero attached hydrogens (tertiary/aromatic N) is 4. The van der Waals surface area contributed by atoms with Crippen LogP contribution >= 0.6 is 0 Å². The van der Waals surface area contributed by atoms with Gasteiger partial charge in [-0.15, -0.1) is 0 Å². The van der Waals surface area contributed by atoms with Gasteiger partial charge in [-0.05, 0) is 44.1 Å². The molecule has 1 amide bonds. The van der Waals surface area contributed by atoms with Gasteiger partial charge in [0.25, 0.3) is 5.91 Å². The van der Waals surface area contributed by atoms with Crippen LogP contribution in [-0.4, -0.2) is 45.5 Å². The molecule has 7 nitrogen and oxygen atoms in total. The lowest BCUT2D eigenvalue weighted by molar-refractivity contribution is 0.0601. The highest BCUT2D eigenvalue weighted by atomic mass is 16.5. The maximum atomic E-state index is 12.9. The molecule has 26 heavy (non-hydrogen) atoms. The summed E-state index contributed by atoms with van der Waals surface area (Å²) in [4.78, 5) is 14.8. The van der Waals surface area contributed by atoms with Crippen molar-refractivity contribution in [3.63, 3.8) is 0 Å². The van der Waals surface area contributed by atoms with Crippen LogP contribution in [0.2, 0.25) is 0 Å². The molecule has 2 fully saturated rings. The van der Waals surface area contributed by atoms with E-state index in [1.165, 1.54) is 12.8 Å². The Bertz CT molecular complexity index is 790. The van der Waals surface area contributed by atoms with Crippen LogP contribution in [0.3, 0.4) is 0 Å². The molecule has 0 saturated heterocycles. The van der Waals surface area contributed by atoms with Gasteiger partial charge in [-0.2, -0.15) is 5.10 Å². The van der Waals surface area contributed by atoms with Crippen molar-refractivity contribution < 1.29 is 14.1 Å². The highest BCUT2D eigenvalue weighted by molar-refractivity contribution is 5.92. The highest BCUT2D eigenvalue weighted by Gasteiger charge is 2.33. The molecular formula is C19H24N4O3. The third-order valence-electron chi connectivity index (χ3n) is 5.54. The van der Waals surface area contributed by atoms with Crippen molar-refractivity contribution in [2.45, 2.75) is 50.6 Å².